The van der Waals surface area contributed by atoms with Crippen LogP contribution >= 0.6 is 27.3 Å². The number of hydrogen-bond donors (Lipinski definition) is 1. The Bertz CT molecular complexity index is 352. The fraction of sp³-hybridized carbons (Fsp3) is 0.500. The van der Waals surface area contributed by atoms with Crippen LogP contribution in [-0.2, 0) is 0 Å². The summed E-state index contributed by atoms with van der Waals surface area (Å²) in [7, 11) is 0. The zero-order valence-electron chi connectivity index (χ0n) is 8.92. The maximum Gasteiger partial charge on any atom is 0.0438 e. The van der Waals surface area contributed by atoms with Gasteiger partial charge in [-0.1, -0.05) is 6.08 Å². The average molecular weight is 286 g/mol. The Morgan fingerprint density at radius 3 is 3.07 bits per heavy atom. The van der Waals surface area contributed by atoms with Crippen molar-refractivity contribution in [2.45, 2.75) is 32.2 Å². The lowest BCUT2D eigenvalue weighted by Crippen LogP contribution is -2.16. The van der Waals surface area contributed by atoms with Gasteiger partial charge in [-0.3, -0.25) is 0 Å². The van der Waals surface area contributed by atoms with Crippen LogP contribution in [0.25, 0.3) is 5.57 Å². The molecule has 1 N–H and O–H groups in total. The summed E-state index contributed by atoms with van der Waals surface area (Å²) in [5, 5.41) is 5.64. The van der Waals surface area contributed by atoms with Gasteiger partial charge in [-0.15, -0.1) is 11.3 Å². The van der Waals surface area contributed by atoms with Crippen LogP contribution in [0.4, 0.5) is 0 Å². The van der Waals surface area contributed by atoms with Crippen molar-refractivity contribution in [2.24, 2.45) is 0 Å². The quantitative estimate of drug-likeness (QED) is 0.805. The molecular weight excluding hydrogens is 270 g/mol. The van der Waals surface area contributed by atoms with Gasteiger partial charge >= 0.3 is 0 Å². The van der Waals surface area contributed by atoms with Gasteiger partial charge in [0.1, 0.15) is 0 Å². The second-order valence-electron chi connectivity index (χ2n) is 4.00. The molecule has 0 amide bonds. The van der Waals surface area contributed by atoms with Gasteiger partial charge in [-0.25, -0.2) is 0 Å². The normalized spacial score (nSPS) is 17.1. The fourth-order valence-corrected chi connectivity index (χ4v) is 3.22. The molecule has 1 aliphatic rings. The van der Waals surface area contributed by atoms with E-state index < -0.39 is 0 Å². The molecule has 0 aliphatic heterocycles. The summed E-state index contributed by atoms with van der Waals surface area (Å²) in [4.78, 5) is 1.36. The first-order valence-electron chi connectivity index (χ1n) is 5.41. The van der Waals surface area contributed by atoms with Crippen molar-refractivity contribution in [1.82, 2.24) is 5.32 Å². The zero-order chi connectivity index (χ0) is 10.7. The first-order valence-corrected chi connectivity index (χ1v) is 7.08. The highest BCUT2D eigenvalue weighted by Crippen LogP contribution is 2.29. The maximum atomic E-state index is 3.56. The lowest BCUT2D eigenvalue weighted by molar-refractivity contribution is 0.690. The van der Waals surface area contributed by atoms with Gasteiger partial charge in [-0.05, 0) is 65.7 Å². The highest BCUT2D eigenvalue weighted by Gasteiger charge is 2.19. The number of halogens is 1. The number of nitrogens with one attached hydrogen (secondary N) is 1. The van der Waals surface area contributed by atoms with Crippen molar-refractivity contribution in [3.63, 3.8) is 0 Å². The number of rotatable bonds is 5. The summed E-state index contributed by atoms with van der Waals surface area (Å²) < 4.78 is 1.22. The molecule has 1 aromatic heterocycles. The molecular formula is C12H16BrNS. The smallest absolute Gasteiger partial charge is 0.0438 e. The van der Waals surface area contributed by atoms with Crippen molar-refractivity contribution in [3.05, 3.63) is 26.9 Å². The largest absolute Gasteiger partial charge is 0.314 e. The average Bonchev–Trinajstić information content (AvgIpc) is 2.94. The maximum absolute atomic E-state index is 3.56. The third-order valence-electron chi connectivity index (χ3n) is 2.58. The first-order chi connectivity index (χ1) is 7.27. The summed E-state index contributed by atoms with van der Waals surface area (Å²) >= 11 is 5.36. The van der Waals surface area contributed by atoms with Crippen molar-refractivity contribution in [3.8, 4) is 0 Å². The minimum absolute atomic E-state index is 0.826. The third-order valence-corrected chi connectivity index (χ3v) is 4.55. The summed E-state index contributed by atoms with van der Waals surface area (Å²) in [6.07, 6.45) is 6.21. The van der Waals surface area contributed by atoms with Crippen LogP contribution in [0.3, 0.4) is 0 Å². The summed E-state index contributed by atoms with van der Waals surface area (Å²) in [5.74, 6) is 0. The van der Waals surface area contributed by atoms with Crippen LogP contribution in [0.2, 0.25) is 0 Å². The molecule has 0 atom stereocenters. The molecule has 1 fully saturated rings. The molecule has 0 saturated heterocycles. The predicted molar refractivity (Wildman–Crippen MR) is 71.3 cm³/mol. The molecule has 0 radical (unpaired) electrons. The molecule has 1 heterocycles. The van der Waals surface area contributed by atoms with E-state index in [1.54, 1.807) is 11.3 Å². The third kappa shape index (κ3) is 3.44. The molecule has 1 aliphatic carbocycles. The minimum atomic E-state index is 0.826. The van der Waals surface area contributed by atoms with Crippen LogP contribution in [0.5, 0.6) is 0 Å². The summed E-state index contributed by atoms with van der Waals surface area (Å²) in [6, 6.07) is 2.94. The Morgan fingerprint density at radius 1 is 1.67 bits per heavy atom. The number of hydrogen-bond acceptors (Lipinski definition) is 2. The van der Waals surface area contributed by atoms with Gasteiger partial charge in [0.2, 0.25) is 0 Å². The van der Waals surface area contributed by atoms with Crippen LogP contribution in [-0.4, -0.2) is 12.6 Å². The van der Waals surface area contributed by atoms with E-state index in [4.69, 9.17) is 0 Å². The van der Waals surface area contributed by atoms with Gasteiger partial charge in [0.05, 0.1) is 0 Å². The van der Waals surface area contributed by atoms with Gasteiger partial charge < -0.3 is 5.32 Å². The minimum Gasteiger partial charge on any atom is -0.314 e. The molecule has 0 bridgehead atoms. The summed E-state index contributed by atoms with van der Waals surface area (Å²) in [6.45, 7) is 3.30. The topological polar surface area (TPSA) is 12.0 Å². The Kier molecular flexibility index (Phi) is 4.00. The first kappa shape index (κ1) is 11.4. The molecule has 0 unspecified atom stereocenters. The summed E-state index contributed by atoms with van der Waals surface area (Å²) in [5.41, 5.74) is 1.38. The second kappa shape index (κ2) is 5.28. The zero-order valence-corrected chi connectivity index (χ0v) is 11.3. The van der Waals surface area contributed by atoms with E-state index in [0.717, 1.165) is 19.0 Å². The van der Waals surface area contributed by atoms with E-state index in [1.807, 2.05) is 0 Å². The Morgan fingerprint density at radius 2 is 2.47 bits per heavy atom. The highest BCUT2D eigenvalue weighted by atomic mass is 79.9. The molecule has 0 aromatic carbocycles. The van der Waals surface area contributed by atoms with Gasteiger partial charge in [-0.2, -0.15) is 0 Å². The van der Waals surface area contributed by atoms with E-state index in [9.17, 15) is 0 Å². The van der Waals surface area contributed by atoms with Crippen molar-refractivity contribution in [2.75, 3.05) is 6.54 Å². The Balaban J connectivity index is 1.81. The Labute approximate surface area is 104 Å². The molecule has 3 heteroatoms. The molecule has 1 saturated carbocycles. The van der Waals surface area contributed by atoms with Gasteiger partial charge in [0.25, 0.3) is 0 Å². The van der Waals surface area contributed by atoms with E-state index in [0.29, 0.717) is 0 Å². The predicted octanol–water partition coefficient (Wildman–Crippen LogP) is 4.06. The number of allylic oxidation sites excluding steroid dienone is 1. The lowest BCUT2D eigenvalue weighted by atomic mass is 10.2. The van der Waals surface area contributed by atoms with Gasteiger partial charge in [0.15, 0.2) is 0 Å². The van der Waals surface area contributed by atoms with Crippen LogP contribution < -0.4 is 5.32 Å². The van der Waals surface area contributed by atoms with E-state index in [-0.39, 0.29) is 0 Å². The second-order valence-corrected chi connectivity index (χ2v) is 5.77. The van der Waals surface area contributed by atoms with Gasteiger partial charge in [0, 0.05) is 15.4 Å². The van der Waals surface area contributed by atoms with Crippen LogP contribution in [0.15, 0.2) is 22.0 Å². The fourth-order valence-electron chi connectivity index (χ4n) is 1.53. The molecule has 2 rings (SSSR count). The molecule has 82 valence electrons. The Hall–Kier alpha value is -0.120. The van der Waals surface area contributed by atoms with Crippen LogP contribution in [0.1, 0.15) is 31.1 Å². The molecule has 1 nitrogen and oxygen atoms in total. The monoisotopic (exact) mass is 285 g/mol. The van der Waals surface area contributed by atoms with Crippen molar-refractivity contribution in [1.29, 1.82) is 0 Å². The standard InChI is InChI=1S/C12H16BrNS/c1-9(12-11(13)6-8-15-12)3-2-7-14-10-4-5-10/h3,6,8,10,14H,2,4-5,7H2,1H3. The van der Waals surface area contributed by atoms with Crippen LogP contribution in [0, 0.1) is 0 Å². The lowest BCUT2D eigenvalue weighted by Gasteiger charge is -2.01. The SMILES string of the molecule is CC(=CCCNC1CC1)c1sccc1Br. The number of thiophene rings is 1. The van der Waals surface area contributed by atoms with E-state index in [1.165, 1.54) is 27.8 Å². The van der Waals surface area contributed by atoms with E-state index in [2.05, 4.69) is 45.7 Å². The van der Waals surface area contributed by atoms with Crippen molar-refractivity contribution < 1.29 is 0 Å². The molecule has 1 aromatic rings. The highest BCUT2D eigenvalue weighted by molar-refractivity contribution is 9.10. The molecule has 0 spiro atoms. The van der Waals surface area contributed by atoms with E-state index >= 15 is 0 Å². The molecule has 15 heavy (non-hydrogen) atoms. The van der Waals surface area contributed by atoms with Crippen molar-refractivity contribution >= 4 is 32.8 Å².